The van der Waals surface area contributed by atoms with Crippen LogP contribution in [0.2, 0.25) is 0 Å². The molecule has 0 bridgehead atoms. The fraction of sp³-hybridized carbons (Fsp3) is 1.00. The molecule has 0 aromatic heterocycles. The van der Waals surface area contributed by atoms with Crippen molar-refractivity contribution in [1.29, 1.82) is 0 Å². The van der Waals surface area contributed by atoms with Gasteiger partial charge in [-0.25, -0.2) is 0 Å². The summed E-state index contributed by atoms with van der Waals surface area (Å²) in [6.45, 7) is 4.07. The van der Waals surface area contributed by atoms with Gasteiger partial charge in [-0.3, -0.25) is 0 Å². The summed E-state index contributed by atoms with van der Waals surface area (Å²) in [4.78, 5) is 0. The third-order valence-corrected chi connectivity index (χ3v) is 8.72. The van der Waals surface area contributed by atoms with E-state index in [9.17, 15) is 25.5 Å². The lowest BCUT2D eigenvalue weighted by Gasteiger charge is -2.66. The van der Waals surface area contributed by atoms with Crippen molar-refractivity contribution in [2.45, 2.75) is 88.8 Å². The first-order valence-electron chi connectivity index (χ1n) is 9.58. The quantitative estimate of drug-likeness (QED) is 0.449. The van der Waals surface area contributed by atoms with E-state index < -0.39 is 35.4 Å². The Labute approximate surface area is 143 Å². The molecule has 4 aliphatic carbocycles. The number of aliphatic hydroxyl groups is 5. The van der Waals surface area contributed by atoms with Crippen molar-refractivity contribution in [3.05, 3.63) is 0 Å². The van der Waals surface area contributed by atoms with Crippen LogP contribution in [0.4, 0.5) is 0 Å². The first-order chi connectivity index (χ1) is 11.1. The molecule has 0 saturated heterocycles. The molecule has 4 fully saturated rings. The van der Waals surface area contributed by atoms with E-state index in [2.05, 4.69) is 6.92 Å². The topological polar surface area (TPSA) is 101 Å². The highest BCUT2D eigenvalue weighted by Gasteiger charge is 2.69. The molecule has 4 saturated carbocycles. The highest BCUT2D eigenvalue weighted by atomic mass is 16.3. The van der Waals surface area contributed by atoms with Gasteiger partial charge in [-0.05, 0) is 61.7 Å². The standard InChI is InChI=1S/C19H32O5/c1-17-9-13(21)16-11(12(17)3-4-14(17)22)7-15(23)19(24)8-10(20)5-6-18(16,19)2/h10-16,20-24H,3-9H2,1-2H3/t10-,11-,12-,13+,14-,15+,16+,17-,18+,19-/m0/s1. The average Bonchev–Trinajstić information content (AvgIpc) is 2.78. The number of rotatable bonds is 0. The van der Waals surface area contributed by atoms with E-state index in [1.165, 1.54) is 0 Å². The molecule has 138 valence electrons. The number of hydrogen-bond acceptors (Lipinski definition) is 5. The summed E-state index contributed by atoms with van der Waals surface area (Å²) in [6, 6.07) is 0. The molecule has 0 heterocycles. The fourth-order valence-electron chi connectivity index (χ4n) is 7.36. The molecule has 0 aliphatic heterocycles. The van der Waals surface area contributed by atoms with Gasteiger partial charge in [0.25, 0.3) is 0 Å². The van der Waals surface area contributed by atoms with Crippen molar-refractivity contribution >= 4 is 0 Å². The molecule has 4 aliphatic rings. The summed E-state index contributed by atoms with van der Waals surface area (Å²) in [5.74, 6) is 0.317. The monoisotopic (exact) mass is 340 g/mol. The molecule has 4 rings (SSSR count). The molecular formula is C19H32O5. The van der Waals surface area contributed by atoms with Crippen LogP contribution in [0, 0.1) is 28.6 Å². The van der Waals surface area contributed by atoms with Gasteiger partial charge in [0.2, 0.25) is 0 Å². The predicted octanol–water partition coefficient (Wildman–Crippen LogP) is 0.807. The second-order valence-corrected chi connectivity index (χ2v) is 9.66. The Bertz CT molecular complexity index is 526. The summed E-state index contributed by atoms with van der Waals surface area (Å²) < 4.78 is 0. The molecule has 10 atom stereocenters. The maximum absolute atomic E-state index is 11.3. The zero-order chi connectivity index (χ0) is 17.5. The van der Waals surface area contributed by atoms with Gasteiger partial charge in [-0.15, -0.1) is 0 Å². The van der Waals surface area contributed by atoms with E-state index >= 15 is 0 Å². The lowest BCUT2D eigenvalue weighted by Crippen LogP contribution is -2.71. The molecule has 0 aromatic rings. The minimum absolute atomic E-state index is 0.0817. The van der Waals surface area contributed by atoms with Gasteiger partial charge in [-0.1, -0.05) is 13.8 Å². The van der Waals surface area contributed by atoms with E-state index in [4.69, 9.17) is 0 Å². The second kappa shape index (κ2) is 5.17. The van der Waals surface area contributed by atoms with Crippen LogP contribution >= 0.6 is 0 Å². The van der Waals surface area contributed by atoms with Crippen LogP contribution in [0.3, 0.4) is 0 Å². The van der Waals surface area contributed by atoms with Gasteiger partial charge in [0.1, 0.15) is 0 Å². The smallest absolute Gasteiger partial charge is 0.0986 e. The molecule has 5 nitrogen and oxygen atoms in total. The van der Waals surface area contributed by atoms with Crippen molar-refractivity contribution < 1.29 is 25.5 Å². The summed E-state index contributed by atoms with van der Waals surface area (Å²) in [5, 5.41) is 53.8. The Morgan fingerprint density at radius 2 is 1.58 bits per heavy atom. The maximum Gasteiger partial charge on any atom is 0.0986 e. The summed E-state index contributed by atoms with van der Waals surface area (Å²) >= 11 is 0. The minimum Gasteiger partial charge on any atom is -0.393 e. The van der Waals surface area contributed by atoms with E-state index in [0.29, 0.717) is 25.7 Å². The van der Waals surface area contributed by atoms with E-state index in [0.717, 1.165) is 12.8 Å². The Kier molecular flexibility index (Phi) is 3.71. The van der Waals surface area contributed by atoms with Gasteiger partial charge in [0, 0.05) is 11.8 Å². The van der Waals surface area contributed by atoms with Crippen molar-refractivity contribution in [3.8, 4) is 0 Å². The van der Waals surface area contributed by atoms with E-state index in [-0.39, 0.29) is 29.6 Å². The first kappa shape index (κ1) is 17.2. The van der Waals surface area contributed by atoms with Crippen LogP contribution in [0.25, 0.3) is 0 Å². The van der Waals surface area contributed by atoms with Crippen LogP contribution in [-0.4, -0.2) is 55.5 Å². The minimum atomic E-state index is -1.34. The Morgan fingerprint density at radius 3 is 2.29 bits per heavy atom. The Balaban J connectivity index is 1.76. The van der Waals surface area contributed by atoms with Crippen LogP contribution in [0.15, 0.2) is 0 Å². The summed E-state index contributed by atoms with van der Waals surface area (Å²) in [7, 11) is 0. The van der Waals surface area contributed by atoms with Crippen LogP contribution in [0.1, 0.15) is 58.8 Å². The van der Waals surface area contributed by atoms with Gasteiger partial charge >= 0.3 is 0 Å². The zero-order valence-electron chi connectivity index (χ0n) is 14.7. The Hall–Kier alpha value is -0.200. The van der Waals surface area contributed by atoms with Gasteiger partial charge in [-0.2, -0.15) is 0 Å². The molecule has 0 spiro atoms. The van der Waals surface area contributed by atoms with Crippen LogP contribution in [0.5, 0.6) is 0 Å². The van der Waals surface area contributed by atoms with Crippen molar-refractivity contribution in [1.82, 2.24) is 0 Å². The molecular weight excluding hydrogens is 308 g/mol. The second-order valence-electron chi connectivity index (χ2n) is 9.66. The molecule has 0 unspecified atom stereocenters. The van der Waals surface area contributed by atoms with Gasteiger partial charge in [0.15, 0.2) is 0 Å². The predicted molar refractivity (Wildman–Crippen MR) is 88.0 cm³/mol. The number of hydrogen-bond donors (Lipinski definition) is 5. The lowest BCUT2D eigenvalue weighted by atomic mass is 9.42. The van der Waals surface area contributed by atoms with Crippen LogP contribution in [-0.2, 0) is 0 Å². The molecule has 5 heteroatoms. The molecule has 5 N–H and O–H groups in total. The van der Waals surface area contributed by atoms with Crippen LogP contribution < -0.4 is 0 Å². The lowest BCUT2D eigenvalue weighted by molar-refractivity contribution is -0.283. The Morgan fingerprint density at radius 1 is 0.875 bits per heavy atom. The highest BCUT2D eigenvalue weighted by molar-refractivity contribution is 5.18. The molecule has 0 amide bonds. The molecule has 0 radical (unpaired) electrons. The van der Waals surface area contributed by atoms with Crippen molar-refractivity contribution in [2.75, 3.05) is 0 Å². The first-order valence-corrected chi connectivity index (χ1v) is 9.58. The number of fused-ring (bicyclic) bond motifs is 5. The number of aliphatic hydroxyl groups excluding tert-OH is 4. The average molecular weight is 340 g/mol. The fourth-order valence-corrected chi connectivity index (χ4v) is 7.36. The zero-order valence-corrected chi connectivity index (χ0v) is 14.7. The van der Waals surface area contributed by atoms with E-state index in [1.54, 1.807) is 0 Å². The van der Waals surface area contributed by atoms with E-state index in [1.807, 2.05) is 6.92 Å². The molecule has 0 aromatic carbocycles. The van der Waals surface area contributed by atoms with Crippen molar-refractivity contribution in [3.63, 3.8) is 0 Å². The highest BCUT2D eigenvalue weighted by Crippen LogP contribution is 2.67. The van der Waals surface area contributed by atoms with Crippen molar-refractivity contribution in [2.24, 2.45) is 28.6 Å². The summed E-state index contributed by atoms with van der Waals surface area (Å²) in [6.07, 6.45) is 1.66. The van der Waals surface area contributed by atoms with Gasteiger partial charge < -0.3 is 25.5 Å². The normalized spacial score (nSPS) is 63.4. The maximum atomic E-state index is 11.3. The third-order valence-electron chi connectivity index (χ3n) is 8.72. The molecule has 24 heavy (non-hydrogen) atoms. The largest absolute Gasteiger partial charge is 0.393 e. The SMILES string of the molecule is C[C@]12C[C@@H](O)[C@H]3[C@@H](C[C@@H](O)[C@@]4(O)C[C@@H](O)CC[C@]34C)[C@@H]1CC[C@@H]2O. The van der Waals surface area contributed by atoms with Gasteiger partial charge in [0.05, 0.1) is 30.0 Å². The third kappa shape index (κ3) is 1.94. The summed E-state index contributed by atoms with van der Waals surface area (Å²) in [5.41, 5.74) is -2.22.